The number of aliphatic hydroxyl groups is 1. The lowest BCUT2D eigenvalue weighted by Gasteiger charge is -2.26. The molecule has 1 rings (SSSR count). The highest BCUT2D eigenvalue weighted by atomic mass is 32.2. The molecule has 15 heavy (non-hydrogen) atoms. The SMILES string of the molecule is CCCCCCCC(O)C1CCCCS1. The summed E-state index contributed by atoms with van der Waals surface area (Å²) < 4.78 is 0. The van der Waals surface area contributed by atoms with Crippen molar-refractivity contribution in [2.45, 2.75) is 76.1 Å². The van der Waals surface area contributed by atoms with E-state index >= 15 is 0 Å². The first-order valence-corrected chi connectivity index (χ1v) is 7.69. The summed E-state index contributed by atoms with van der Waals surface area (Å²) >= 11 is 1.99. The van der Waals surface area contributed by atoms with E-state index < -0.39 is 0 Å². The van der Waals surface area contributed by atoms with Crippen molar-refractivity contribution in [3.63, 3.8) is 0 Å². The first-order chi connectivity index (χ1) is 7.34. The molecular formula is C13H26OS. The Balaban J connectivity index is 1.99. The van der Waals surface area contributed by atoms with Crippen molar-refractivity contribution in [2.75, 3.05) is 5.75 Å². The van der Waals surface area contributed by atoms with E-state index in [0.29, 0.717) is 5.25 Å². The summed E-state index contributed by atoms with van der Waals surface area (Å²) in [4.78, 5) is 0. The van der Waals surface area contributed by atoms with Crippen molar-refractivity contribution >= 4 is 11.8 Å². The van der Waals surface area contributed by atoms with Crippen molar-refractivity contribution in [3.8, 4) is 0 Å². The Morgan fingerprint density at radius 3 is 2.67 bits per heavy atom. The average molecular weight is 230 g/mol. The lowest BCUT2D eigenvalue weighted by atomic mass is 10.0. The van der Waals surface area contributed by atoms with Gasteiger partial charge in [0, 0.05) is 5.25 Å². The van der Waals surface area contributed by atoms with Crippen molar-refractivity contribution in [1.29, 1.82) is 0 Å². The van der Waals surface area contributed by atoms with Gasteiger partial charge in [-0.1, -0.05) is 45.4 Å². The molecule has 1 nitrogen and oxygen atoms in total. The van der Waals surface area contributed by atoms with Crippen LogP contribution in [-0.2, 0) is 0 Å². The highest BCUT2D eigenvalue weighted by Gasteiger charge is 2.21. The van der Waals surface area contributed by atoms with Crippen LogP contribution in [0.25, 0.3) is 0 Å². The topological polar surface area (TPSA) is 20.2 Å². The van der Waals surface area contributed by atoms with Crippen LogP contribution in [0, 0.1) is 0 Å². The van der Waals surface area contributed by atoms with Crippen molar-refractivity contribution in [1.82, 2.24) is 0 Å². The maximum absolute atomic E-state index is 10.0. The summed E-state index contributed by atoms with van der Waals surface area (Å²) in [6, 6.07) is 0. The Morgan fingerprint density at radius 2 is 2.00 bits per heavy atom. The molecule has 2 heteroatoms. The molecule has 1 heterocycles. The minimum absolute atomic E-state index is 0.0306. The third-order valence-electron chi connectivity index (χ3n) is 3.25. The molecule has 1 N–H and O–H groups in total. The fraction of sp³-hybridized carbons (Fsp3) is 1.00. The third kappa shape index (κ3) is 5.82. The smallest absolute Gasteiger partial charge is 0.0658 e. The molecule has 1 saturated heterocycles. The Morgan fingerprint density at radius 1 is 1.20 bits per heavy atom. The number of aliphatic hydroxyl groups excluding tert-OH is 1. The van der Waals surface area contributed by atoms with E-state index in [1.807, 2.05) is 11.8 Å². The second-order valence-electron chi connectivity index (χ2n) is 4.68. The summed E-state index contributed by atoms with van der Waals surface area (Å²) in [6.45, 7) is 2.24. The molecule has 0 radical (unpaired) electrons. The molecule has 0 aromatic rings. The van der Waals surface area contributed by atoms with Gasteiger partial charge in [-0.05, 0) is 25.0 Å². The minimum Gasteiger partial charge on any atom is -0.392 e. The van der Waals surface area contributed by atoms with Crippen LogP contribution in [0.4, 0.5) is 0 Å². The predicted octanol–water partition coefficient (Wildman–Crippen LogP) is 3.99. The molecule has 0 spiro atoms. The summed E-state index contributed by atoms with van der Waals surface area (Å²) in [5, 5.41) is 10.6. The van der Waals surface area contributed by atoms with Crippen molar-refractivity contribution in [2.24, 2.45) is 0 Å². The predicted molar refractivity (Wildman–Crippen MR) is 69.5 cm³/mol. The standard InChI is InChI=1S/C13H26OS/c1-2-3-4-5-6-9-12(14)13-10-7-8-11-15-13/h12-14H,2-11H2,1H3. The van der Waals surface area contributed by atoms with Gasteiger partial charge in [0.25, 0.3) is 0 Å². The quantitative estimate of drug-likeness (QED) is 0.667. The molecular weight excluding hydrogens is 204 g/mol. The van der Waals surface area contributed by atoms with Gasteiger partial charge < -0.3 is 5.11 Å². The monoisotopic (exact) mass is 230 g/mol. The number of hydrogen-bond acceptors (Lipinski definition) is 2. The molecule has 2 unspecified atom stereocenters. The highest BCUT2D eigenvalue weighted by Crippen LogP contribution is 2.29. The third-order valence-corrected chi connectivity index (χ3v) is 4.75. The fourth-order valence-electron chi connectivity index (χ4n) is 2.21. The Kier molecular flexibility index (Phi) is 7.54. The summed E-state index contributed by atoms with van der Waals surface area (Å²) in [5.74, 6) is 1.26. The molecule has 2 atom stereocenters. The molecule has 1 aliphatic heterocycles. The van der Waals surface area contributed by atoms with Gasteiger partial charge >= 0.3 is 0 Å². The van der Waals surface area contributed by atoms with Gasteiger partial charge in [0.05, 0.1) is 6.10 Å². The zero-order valence-electron chi connectivity index (χ0n) is 10.1. The first kappa shape index (κ1) is 13.4. The lowest BCUT2D eigenvalue weighted by Crippen LogP contribution is -2.25. The van der Waals surface area contributed by atoms with E-state index in [0.717, 1.165) is 6.42 Å². The minimum atomic E-state index is -0.0306. The summed E-state index contributed by atoms with van der Waals surface area (Å²) in [5.41, 5.74) is 0. The number of thioether (sulfide) groups is 1. The van der Waals surface area contributed by atoms with Crippen LogP contribution in [0.1, 0.15) is 64.7 Å². The second-order valence-corrected chi connectivity index (χ2v) is 6.02. The van der Waals surface area contributed by atoms with E-state index in [9.17, 15) is 5.11 Å². The lowest BCUT2D eigenvalue weighted by molar-refractivity contribution is 0.152. The van der Waals surface area contributed by atoms with Gasteiger partial charge in [0.2, 0.25) is 0 Å². The fourth-order valence-corrected chi connectivity index (χ4v) is 3.58. The largest absolute Gasteiger partial charge is 0.392 e. The van der Waals surface area contributed by atoms with Gasteiger partial charge in [0.15, 0.2) is 0 Å². The van der Waals surface area contributed by atoms with E-state index in [-0.39, 0.29) is 6.10 Å². The maximum atomic E-state index is 10.0. The second kappa shape index (κ2) is 8.46. The highest BCUT2D eigenvalue weighted by molar-refractivity contribution is 8.00. The summed E-state index contributed by atoms with van der Waals surface area (Å²) in [6.07, 6.45) is 11.4. The van der Waals surface area contributed by atoms with Crippen LogP contribution >= 0.6 is 11.8 Å². The van der Waals surface area contributed by atoms with Crippen LogP contribution in [-0.4, -0.2) is 22.2 Å². The van der Waals surface area contributed by atoms with E-state index in [1.54, 1.807) is 0 Å². The van der Waals surface area contributed by atoms with Crippen LogP contribution in [0.5, 0.6) is 0 Å². The van der Waals surface area contributed by atoms with Gasteiger partial charge in [-0.2, -0.15) is 11.8 Å². The van der Waals surface area contributed by atoms with E-state index in [2.05, 4.69) is 6.92 Å². The Bertz CT molecular complexity index is 143. The molecule has 0 saturated carbocycles. The van der Waals surface area contributed by atoms with Crippen LogP contribution in [0.15, 0.2) is 0 Å². The van der Waals surface area contributed by atoms with E-state index in [4.69, 9.17) is 0 Å². The molecule has 0 bridgehead atoms. The van der Waals surface area contributed by atoms with E-state index in [1.165, 1.54) is 57.1 Å². The van der Waals surface area contributed by atoms with Gasteiger partial charge in [-0.3, -0.25) is 0 Å². The summed E-state index contributed by atoms with van der Waals surface area (Å²) in [7, 11) is 0. The van der Waals surface area contributed by atoms with Gasteiger partial charge in [-0.15, -0.1) is 0 Å². The maximum Gasteiger partial charge on any atom is 0.0658 e. The zero-order chi connectivity index (χ0) is 10.9. The number of unbranched alkanes of at least 4 members (excludes halogenated alkanes) is 4. The van der Waals surface area contributed by atoms with Crippen LogP contribution in [0.3, 0.4) is 0 Å². The molecule has 0 aliphatic carbocycles. The molecule has 0 aromatic carbocycles. The molecule has 0 amide bonds. The number of rotatable bonds is 7. The molecule has 90 valence electrons. The number of hydrogen-bond donors (Lipinski definition) is 1. The van der Waals surface area contributed by atoms with Crippen molar-refractivity contribution < 1.29 is 5.11 Å². The Labute approximate surface area is 99.0 Å². The van der Waals surface area contributed by atoms with Crippen molar-refractivity contribution in [3.05, 3.63) is 0 Å². The zero-order valence-corrected chi connectivity index (χ0v) is 10.9. The Hall–Kier alpha value is 0.310. The molecule has 1 aliphatic rings. The van der Waals surface area contributed by atoms with Gasteiger partial charge in [-0.25, -0.2) is 0 Å². The van der Waals surface area contributed by atoms with Crippen LogP contribution in [0.2, 0.25) is 0 Å². The first-order valence-electron chi connectivity index (χ1n) is 6.64. The average Bonchev–Trinajstić information content (AvgIpc) is 2.30. The van der Waals surface area contributed by atoms with Gasteiger partial charge in [0.1, 0.15) is 0 Å². The molecule has 1 fully saturated rings. The molecule has 0 aromatic heterocycles. The van der Waals surface area contributed by atoms with Crippen LogP contribution < -0.4 is 0 Å². The normalized spacial score (nSPS) is 24.0.